The van der Waals surface area contributed by atoms with Gasteiger partial charge in [0, 0.05) is 0 Å². The second-order valence-corrected chi connectivity index (χ2v) is 4.99. The SMILES string of the molecule is CNCC1CC2CC(O)CC(C1)C2. The van der Waals surface area contributed by atoms with E-state index in [2.05, 4.69) is 5.32 Å². The van der Waals surface area contributed by atoms with Crippen molar-refractivity contribution in [2.75, 3.05) is 13.6 Å². The lowest BCUT2D eigenvalue weighted by Gasteiger charge is -2.41. The van der Waals surface area contributed by atoms with Crippen molar-refractivity contribution < 1.29 is 5.11 Å². The van der Waals surface area contributed by atoms with Crippen molar-refractivity contribution in [1.29, 1.82) is 0 Å². The van der Waals surface area contributed by atoms with Crippen LogP contribution in [0.25, 0.3) is 0 Å². The summed E-state index contributed by atoms with van der Waals surface area (Å²) in [5, 5.41) is 12.9. The standard InChI is InChI=1S/C11H21NO/c1-12-7-10-3-8-2-9(4-10)6-11(13)5-8/h8-13H,2-7H2,1H3. The molecular formula is C11H21NO. The monoisotopic (exact) mass is 183 g/mol. The molecule has 0 aromatic heterocycles. The lowest BCUT2D eigenvalue weighted by Crippen LogP contribution is -2.36. The summed E-state index contributed by atoms with van der Waals surface area (Å²) in [7, 11) is 2.04. The summed E-state index contributed by atoms with van der Waals surface area (Å²) in [4.78, 5) is 0. The second kappa shape index (κ2) is 3.97. The Hall–Kier alpha value is -0.0800. The summed E-state index contributed by atoms with van der Waals surface area (Å²) in [5.41, 5.74) is 0. The maximum atomic E-state index is 9.62. The van der Waals surface area contributed by atoms with Crippen LogP contribution in [0.1, 0.15) is 32.1 Å². The van der Waals surface area contributed by atoms with E-state index in [1.165, 1.54) is 25.8 Å². The second-order valence-electron chi connectivity index (χ2n) is 4.99. The van der Waals surface area contributed by atoms with Gasteiger partial charge in [0.05, 0.1) is 6.10 Å². The fourth-order valence-electron chi connectivity index (χ4n) is 3.41. The average molecular weight is 183 g/mol. The first-order valence-corrected chi connectivity index (χ1v) is 5.60. The van der Waals surface area contributed by atoms with Crippen LogP contribution in [-0.4, -0.2) is 24.8 Å². The highest BCUT2D eigenvalue weighted by Crippen LogP contribution is 2.42. The maximum absolute atomic E-state index is 9.62. The van der Waals surface area contributed by atoms with E-state index >= 15 is 0 Å². The molecule has 0 radical (unpaired) electrons. The van der Waals surface area contributed by atoms with Crippen LogP contribution in [0.15, 0.2) is 0 Å². The molecule has 2 rings (SSSR count). The van der Waals surface area contributed by atoms with Gasteiger partial charge in [-0.1, -0.05) is 0 Å². The number of aliphatic hydroxyl groups excluding tert-OH is 1. The van der Waals surface area contributed by atoms with E-state index in [-0.39, 0.29) is 6.10 Å². The Morgan fingerprint density at radius 2 is 1.69 bits per heavy atom. The van der Waals surface area contributed by atoms with Crippen LogP contribution >= 0.6 is 0 Å². The van der Waals surface area contributed by atoms with Crippen LogP contribution in [-0.2, 0) is 0 Å². The number of hydrogen-bond acceptors (Lipinski definition) is 2. The van der Waals surface area contributed by atoms with E-state index in [1.807, 2.05) is 7.05 Å². The molecule has 2 fully saturated rings. The summed E-state index contributed by atoms with van der Waals surface area (Å²) in [5.74, 6) is 2.52. The van der Waals surface area contributed by atoms with E-state index in [1.54, 1.807) is 0 Å². The number of aliphatic hydroxyl groups is 1. The van der Waals surface area contributed by atoms with Gasteiger partial charge in [-0.2, -0.15) is 0 Å². The van der Waals surface area contributed by atoms with Crippen molar-refractivity contribution >= 4 is 0 Å². The molecule has 2 heteroatoms. The third-order valence-electron chi connectivity index (χ3n) is 3.70. The zero-order valence-corrected chi connectivity index (χ0v) is 8.50. The molecule has 0 aliphatic heterocycles. The topological polar surface area (TPSA) is 32.3 Å². The molecule has 2 N–H and O–H groups in total. The normalized spacial score (nSPS) is 44.8. The van der Waals surface area contributed by atoms with Crippen molar-refractivity contribution in [3.8, 4) is 0 Å². The van der Waals surface area contributed by atoms with Crippen molar-refractivity contribution in [2.45, 2.75) is 38.2 Å². The first-order chi connectivity index (χ1) is 6.28. The highest BCUT2D eigenvalue weighted by molar-refractivity contribution is 4.86. The molecule has 2 atom stereocenters. The molecule has 2 saturated carbocycles. The fourth-order valence-corrected chi connectivity index (χ4v) is 3.41. The molecule has 2 aliphatic rings. The largest absolute Gasteiger partial charge is 0.393 e. The molecule has 0 saturated heterocycles. The Bertz CT molecular complexity index is 153. The molecule has 0 amide bonds. The number of fused-ring (bicyclic) bond motifs is 2. The van der Waals surface area contributed by atoms with Gasteiger partial charge in [-0.05, 0) is 63.5 Å². The molecule has 2 nitrogen and oxygen atoms in total. The van der Waals surface area contributed by atoms with E-state index in [0.717, 1.165) is 30.6 Å². The minimum atomic E-state index is 0.0132. The van der Waals surface area contributed by atoms with Gasteiger partial charge in [0.2, 0.25) is 0 Å². The minimum absolute atomic E-state index is 0.0132. The molecule has 0 heterocycles. The summed E-state index contributed by atoms with van der Waals surface area (Å²) >= 11 is 0. The van der Waals surface area contributed by atoms with Crippen molar-refractivity contribution in [3.05, 3.63) is 0 Å². The summed E-state index contributed by atoms with van der Waals surface area (Å²) < 4.78 is 0. The summed E-state index contributed by atoms with van der Waals surface area (Å²) in [6.45, 7) is 1.17. The van der Waals surface area contributed by atoms with Crippen LogP contribution in [0.4, 0.5) is 0 Å². The van der Waals surface area contributed by atoms with Gasteiger partial charge in [0.15, 0.2) is 0 Å². The summed E-state index contributed by atoms with van der Waals surface area (Å²) in [6.07, 6.45) is 6.22. The van der Waals surface area contributed by atoms with E-state index in [4.69, 9.17) is 0 Å². The van der Waals surface area contributed by atoms with Crippen molar-refractivity contribution in [3.63, 3.8) is 0 Å². The van der Waals surface area contributed by atoms with Gasteiger partial charge in [0.25, 0.3) is 0 Å². The van der Waals surface area contributed by atoms with Crippen molar-refractivity contribution in [1.82, 2.24) is 5.32 Å². The van der Waals surface area contributed by atoms with Crippen LogP contribution in [0.3, 0.4) is 0 Å². The number of rotatable bonds is 2. The Balaban J connectivity index is 1.90. The molecule has 0 aromatic carbocycles. The van der Waals surface area contributed by atoms with Crippen LogP contribution in [0.2, 0.25) is 0 Å². The van der Waals surface area contributed by atoms with E-state index in [9.17, 15) is 5.11 Å². The van der Waals surface area contributed by atoms with Gasteiger partial charge in [-0.15, -0.1) is 0 Å². The van der Waals surface area contributed by atoms with Crippen molar-refractivity contribution in [2.24, 2.45) is 17.8 Å². The Morgan fingerprint density at radius 1 is 1.08 bits per heavy atom. The molecule has 0 spiro atoms. The molecule has 76 valence electrons. The predicted molar refractivity (Wildman–Crippen MR) is 53.5 cm³/mol. The Labute approximate surface area is 80.7 Å². The molecule has 0 aromatic rings. The first-order valence-electron chi connectivity index (χ1n) is 5.60. The third-order valence-corrected chi connectivity index (χ3v) is 3.70. The minimum Gasteiger partial charge on any atom is -0.393 e. The number of nitrogens with one attached hydrogen (secondary N) is 1. The molecule has 2 aliphatic carbocycles. The predicted octanol–water partition coefficient (Wildman–Crippen LogP) is 1.39. The first kappa shape index (κ1) is 9.47. The lowest BCUT2D eigenvalue weighted by atomic mass is 9.67. The molecule has 13 heavy (non-hydrogen) atoms. The van der Waals surface area contributed by atoms with Gasteiger partial charge < -0.3 is 10.4 Å². The fraction of sp³-hybridized carbons (Fsp3) is 1.00. The Kier molecular flexibility index (Phi) is 2.89. The molecule has 2 bridgehead atoms. The molecular weight excluding hydrogens is 162 g/mol. The van der Waals surface area contributed by atoms with Gasteiger partial charge in [0.1, 0.15) is 0 Å². The lowest BCUT2D eigenvalue weighted by molar-refractivity contribution is 0.0273. The van der Waals surface area contributed by atoms with Gasteiger partial charge in [-0.3, -0.25) is 0 Å². The average Bonchev–Trinajstić information content (AvgIpc) is 2.01. The zero-order valence-electron chi connectivity index (χ0n) is 8.50. The van der Waals surface area contributed by atoms with E-state index < -0.39 is 0 Å². The molecule has 2 unspecified atom stereocenters. The maximum Gasteiger partial charge on any atom is 0.0545 e. The van der Waals surface area contributed by atoms with Gasteiger partial charge >= 0.3 is 0 Å². The Morgan fingerprint density at radius 3 is 2.23 bits per heavy atom. The highest BCUT2D eigenvalue weighted by Gasteiger charge is 2.34. The third kappa shape index (κ3) is 2.23. The quantitative estimate of drug-likeness (QED) is 0.678. The van der Waals surface area contributed by atoms with Crippen LogP contribution < -0.4 is 5.32 Å². The summed E-state index contributed by atoms with van der Waals surface area (Å²) in [6, 6.07) is 0. The van der Waals surface area contributed by atoms with Crippen LogP contribution in [0.5, 0.6) is 0 Å². The van der Waals surface area contributed by atoms with Gasteiger partial charge in [-0.25, -0.2) is 0 Å². The smallest absolute Gasteiger partial charge is 0.0545 e. The number of hydrogen-bond donors (Lipinski definition) is 2. The highest BCUT2D eigenvalue weighted by atomic mass is 16.3. The van der Waals surface area contributed by atoms with E-state index in [0.29, 0.717) is 0 Å². The zero-order chi connectivity index (χ0) is 9.26. The van der Waals surface area contributed by atoms with Crippen LogP contribution in [0, 0.1) is 17.8 Å².